The van der Waals surface area contributed by atoms with E-state index in [1.807, 2.05) is 60.0 Å². The van der Waals surface area contributed by atoms with Gasteiger partial charge in [-0.15, -0.1) is 11.3 Å². The first kappa shape index (κ1) is 14.5. The molecule has 0 radical (unpaired) electrons. The second-order valence-electron chi connectivity index (χ2n) is 4.95. The monoisotopic (exact) mass is 308 g/mol. The average Bonchev–Trinajstić information content (AvgIpc) is 3.09. The fraction of sp³-hybridized carbons (Fsp3) is 0.111. The van der Waals surface area contributed by atoms with Crippen LogP contribution in [0.4, 0.5) is 5.69 Å². The molecule has 110 valence electrons. The fourth-order valence-electron chi connectivity index (χ4n) is 2.19. The van der Waals surface area contributed by atoms with Crippen LogP contribution in [0, 0.1) is 0 Å². The highest BCUT2D eigenvalue weighted by Crippen LogP contribution is 2.23. The quantitative estimate of drug-likeness (QED) is 0.760. The average molecular weight is 308 g/mol. The molecule has 3 rings (SSSR count). The highest BCUT2D eigenvalue weighted by atomic mass is 32.1. The summed E-state index contributed by atoms with van der Waals surface area (Å²) < 4.78 is 0. The van der Waals surface area contributed by atoms with E-state index in [2.05, 4.69) is 10.3 Å². The van der Waals surface area contributed by atoms with Gasteiger partial charge < -0.3 is 5.32 Å². The van der Waals surface area contributed by atoms with E-state index in [1.165, 1.54) is 5.56 Å². The van der Waals surface area contributed by atoms with Crippen LogP contribution in [0.5, 0.6) is 0 Å². The van der Waals surface area contributed by atoms with Crippen molar-refractivity contribution in [3.63, 3.8) is 0 Å². The number of amides is 1. The molecule has 0 saturated carbocycles. The van der Waals surface area contributed by atoms with Crippen molar-refractivity contribution in [2.24, 2.45) is 0 Å². The lowest BCUT2D eigenvalue weighted by molar-refractivity contribution is -0.116. The highest BCUT2D eigenvalue weighted by molar-refractivity contribution is 7.13. The first-order chi connectivity index (χ1) is 10.8. The van der Waals surface area contributed by atoms with Crippen LogP contribution in [0.1, 0.15) is 12.0 Å². The predicted molar refractivity (Wildman–Crippen MR) is 90.9 cm³/mol. The number of benzene rings is 2. The van der Waals surface area contributed by atoms with Crippen molar-refractivity contribution in [3.05, 3.63) is 71.7 Å². The number of hydrogen-bond acceptors (Lipinski definition) is 3. The molecule has 1 amide bonds. The van der Waals surface area contributed by atoms with Gasteiger partial charge >= 0.3 is 0 Å². The zero-order chi connectivity index (χ0) is 15.2. The van der Waals surface area contributed by atoms with Gasteiger partial charge in [0.1, 0.15) is 5.01 Å². The maximum Gasteiger partial charge on any atom is 0.224 e. The van der Waals surface area contributed by atoms with Crippen molar-refractivity contribution in [2.45, 2.75) is 12.8 Å². The lowest BCUT2D eigenvalue weighted by Gasteiger charge is -2.06. The summed E-state index contributed by atoms with van der Waals surface area (Å²) in [5.74, 6) is 0.0332. The smallest absolute Gasteiger partial charge is 0.224 e. The zero-order valence-electron chi connectivity index (χ0n) is 12.0. The lowest BCUT2D eigenvalue weighted by Crippen LogP contribution is -2.12. The van der Waals surface area contributed by atoms with Crippen molar-refractivity contribution >= 4 is 22.9 Å². The van der Waals surface area contributed by atoms with Gasteiger partial charge in [0, 0.05) is 29.2 Å². The number of aryl methyl sites for hydroxylation is 1. The van der Waals surface area contributed by atoms with E-state index in [9.17, 15) is 4.79 Å². The summed E-state index contributed by atoms with van der Waals surface area (Å²) in [5, 5.41) is 5.87. The molecule has 0 aliphatic rings. The fourth-order valence-corrected chi connectivity index (χ4v) is 2.83. The summed E-state index contributed by atoms with van der Waals surface area (Å²) in [6.07, 6.45) is 3.03. The molecule has 1 N–H and O–H groups in total. The Kier molecular flexibility index (Phi) is 4.61. The van der Waals surface area contributed by atoms with Crippen LogP contribution < -0.4 is 5.32 Å². The normalized spacial score (nSPS) is 10.4. The van der Waals surface area contributed by atoms with E-state index in [1.54, 1.807) is 17.5 Å². The Morgan fingerprint density at radius 3 is 2.50 bits per heavy atom. The number of nitrogens with one attached hydrogen (secondary N) is 1. The van der Waals surface area contributed by atoms with Crippen LogP contribution in [0.15, 0.2) is 66.2 Å². The van der Waals surface area contributed by atoms with E-state index in [4.69, 9.17) is 0 Å². The van der Waals surface area contributed by atoms with Crippen molar-refractivity contribution in [3.8, 4) is 10.6 Å². The van der Waals surface area contributed by atoms with Crippen molar-refractivity contribution in [2.75, 3.05) is 5.32 Å². The Morgan fingerprint density at radius 2 is 1.82 bits per heavy atom. The molecule has 4 heteroatoms. The van der Waals surface area contributed by atoms with E-state index in [-0.39, 0.29) is 5.91 Å². The van der Waals surface area contributed by atoms with Crippen LogP contribution in [-0.4, -0.2) is 10.9 Å². The third-order valence-corrected chi connectivity index (χ3v) is 4.15. The maximum absolute atomic E-state index is 12.0. The third-order valence-electron chi connectivity index (χ3n) is 3.33. The lowest BCUT2D eigenvalue weighted by atomic mass is 10.1. The van der Waals surface area contributed by atoms with Gasteiger partial charge in [-0.2, -0.15) is 0 Å². The summed E-state index contributed by atoms with van der Waals surface area (Å²) in [5.41, 5.74) is 3.06. The molecule has 1 aromatic heterocycles. The topological polar surface area (TPSA) is 42.0 Å². The summed E-state index contributed by atoms with van der Waals surface area (Å²) >= 11 is 1.60. The van der Waals surface area contributed by atoms with E-state index in [0.29, 0.717) is 6.42 Å². The van der Waals surface area contributed by atoms with E-state index >= 15 is 0 Å². The molecule has 22 heavy (non-hydrogen) atoms. The summed E-state index contributed by atoms with van der Waals surface area (Å²) in [7, 11) is 0. The summed E-state index contributed by atoms with van der Waals surface area (Å²) in [6, 6.07) is 17.8. The van der Waals surface area contributed by atoms with Gasteiger partial charge in [0.25, 0.3) is 0 Å². The Bertz CT molecular complexity index is 722. The van der Waals surface area contributed by atoms with Crippen molar-refractivity contribution < 1.29 is 4.79 Å². The minimum absolute atomic E-state index is 0.0332. The number of nitrogens with zero attached hydrogens (tertiary/aromatic N) is 1. The van der Waals surface area contributed by atoms with Crippen LogP contribution >= 0.6 is 11.3 Å². The number of aromatic nitrogens is 1. The molecule has 0 aliphatic carbocycles. The van der Waals surface area contributed by atoms with Gasteiger partial charge in [0.15, 0.2) is 0 Å². The molecule has 0 saturated heterocycles. The predicted octanol–water partition coefficient (Wildman–Crippen LogP) is 4.38. The van der Waals surface area contributed by atoms with Gasteiger partial charge in [-0.3, -0.25) is 4.79 Å². The van der Waals surface area contributed by atoms with Crippen molar-refractivity contribution in [1.82, 2.24) is 4.98 Å². The minimum atomic E-state index is 0.0332. The second-order valence-corrected chi connectivity index (χ2v) is 5.84. The van der Waals surface area contributed by atoms with Gasteiger partial charge in [-0.25, -0.2) is 4.98 Å². The molecule has 0 atom stereocenters. The van der Waals surface area contributed by atoms with Crippen LogP contribution in [0.3, 0.4) is 0 Å². The third kappa shape index (κ3) is 3.80. The molecule has 1 heterocycles. The number of hydrogen-bond donors (Lipinski definition) is 1. The van der Waals surface area contributed by atoms with E-state index in [0.717, 1.165) is 22.7 Å². The Hall–Kier alpha value is -2.46. The maximum atomic E-state index is 12.0. The van der Waals surface area contributed by atoms with Gasteiger partial charge in [-0.1, -0.05) is 30.3 Å². The minimum Gasteiger partial charge on any atom is -0.326 e. The molecule has 0 aliphatic heterocycles. The first-order valence-corrected chi connectivity index (χ1v) is 8.03. The zero-order valence-corrected chi connectivity index (χ0v) is 12.8. The number of carbonyl (C=O) groups excluding carboxylic acids is 1. The molecular formula is C18H16N2OS. The summed E-state index contributed by atoms with van der Waals surface area (Å²) in [6.45, 7) is 0. The van der Waals surface area contributed by atoms with E-state index < -0.39 is 0 Å². The molecule has 3 aromatic rings. The van der Waals surface area contributed by atoms with Crippen LogP contribution in [0.2, 0.25) is 0 Å². The van der Waals surface area contributed by atoms with Gasteiger partial charge in [-0.05, 0) is 36.2 Å². The largest absolute Gasteiger partial charge is 0.326 e. The molecule has 3 nitrogen and oxygen atoms in total. The van der Waals surface area contributed by atoms with Crippen molar-refractivity contribution in [1.29, 1.82) is 0 Å². The standard InChI is InChI=1S/C18H16N2OS/c21-17(11-6-14-4-2-1-3-5-14)20-16-9-7-15(8-10-16)18-19-12-13-22-18/h1-5,7-10,12-13H,6,11H2,(H,20,21). The van der Waals surface area contributed by atoms with Gasteiger partial charge in [0.05, 0.1) is 0 Å². The number of carbonyl (C=O) groups is 1. The Morgan fingerprint density at radius 1 is 1.05 bits per heavy atom. The molecule has 2 aromatic carbocycles. The molecule has 0 spiro atoms. The molecule has 0 bridgehead atoms. The number of rotatable bonds is 5. The molecule has 0 unspecified atom stereocenters. The Labute approximate surface area is 133 Å². The molecule has 0 fully saturated rings. The number of thiazole rings is 1. The first-order valence-electron chi connectivity index (χ1n) is 7.15. The summed E-state index contributed by atoms with van der Waals surface area (Å²) in [4.78, 5) is 16.2. The number of anilines is 1. The van der Waals surface area contributed by atoms with Gasteiger partial charge in [0.2, 0.25) is 5.91 Å². The van der Waals surface area contributed by atoms with Crippen LogP contribution in [0.25, 0.3) is 10.6 Å². The second kappa shape index (κ2) is 7.00. The van der Waals surface area contributed by atoms with Crippen LogP contribution in [-0.2, 0) is 11.2 Å². The SMILES string of the molecule is O=C(CCc1ccccc1)Nc1ccc(-c2nccs2)cc1. The molecular weight excluding hydrogens is 292 g/mol. The Balaban J connectivity index is 1.55. The highest BCUT2D eigenvalue weighted by Gasteiger charge is 2.04.